The Bertz CT molecular complexity index is 1300. The number of primary sulfonamides is 1. The minimum Gasteiger partial charge on any atom is -0.493 e. The second-order valence-corrected chi connectivity index (χ2v) is 8.92. The fourth-order valence-electron chi connectivity index (χ4n) is 3.44. The van der Waals surface area contributed by atoms with Crippen molar-refractivity contribution in [1.82, 2.24) is 0 Å². The number of carbonyl (C=O) groups is 1. The summed E-state index contributed by atoms with van der Waals surface area (Å²) in [7, 11) is -3.86. The number of amides is 1. The van der Waals surface area contributed by atoms with Gasteiger partial charge in [0.25, 0.3) is 0 Å². The molecule has 0 unspecified atom stereocenters. The van der Waals surface area contributed by atoms with E-state index >= 15 is 0 Å². The summed E-state index contributed by atoms with van der Waals surface area (Å²) in [5.74, 6) is 1.11. The van der Waals surface area contributed by atoms with E-state index in [1.165, 1.54) is 24.3 Å². The van der Waals surface area contributed by atoms with Crippen molar-refractivity contribution in [3.8, 4) is 5.75 Å². The number of fused-ring (bicyclic) bond motifs is 1. The number of nitrogens with one attached hydrogen (secondary N) is 1. The van der Waals surface area contributed by atoms with Gasteiger partial charge in [-0.3, -0.25) is 4.79 Å². The lowest BCUT2D eigenvalue weighted by Crippen LogP contribution is -2.13. The van der Waals surface area contributed by atoms with E-state index in [4.69, 9.17) is 14.3 Å². The number of rotatable bonds is 6. The molecule has 0 aliphatic carbocycles. The normalized spacial score (nSPS) is 12.3. The number of hydrogen-bond acceptors (Lipinski definition) is 5. The molecule has 0 atom stereocenters. The maximum absolute atomic E-state index is 12.6. The van der Waals surface area contributed by atoms with Crippen LogP contribution in [0.3, 0.4) is 0 Å². The van der Waals surface area contributed by atoms with E-state index in [0.29, 0.717) is 23.6 Å². The second-order valence-electron chi connectivity index (χ2n) is 7.36. The van der Waals surface area contributed by atoms with E-state index in [-0.39, 0.29) is 4.90 Å². The van der Waals surface area contributed by atoms with Gasteiger partial charge in [-0.25, -0.2) is 13.6 Å². The summed E-state index contributed by atoms with van der Waals surface area (Å²) < 4.78 is 34.9. The lowest BCUT2D eigenvalue weighted by molar-refractivity contribution is -0.111. The largest absolute Gasteiger partial charge is 0.493 e. The molecule has 3 rings (SSSR count). The number of aryl methyl sites for hydroxylation is 3. The van der Waals surface area contributed by atoms with Crippen LogP contribution in [0.4, 0.5) is 5.69 Å². The number of anilines is 1. The Morgan fingerprint density at radius 3 is 2.55 bits per heavy atom. The van der Waals surface area contributed by atoms with Crippen LogP contribution in [0.1, 0.15) is 36.3 Å². The molecule has 0 radical (unpaired) electrons. The first kappa shape index (κ1) is 22.6. The van der Waals surface area contributed by atoms with Crippen LogP contribution in [-0.4, -0.2) is 20.9 Å². The van der Waals surface area contributed by atoms with Crippen LogP contribution >= 0.6 is 0 Å². The first-order chi connectivity index (χ1) is 14.5. The molecule has 0 aliphatic rings. The van der Waals surface area contributed by atoms with Crippen molar-refractivity contribution < 1.29 is 22.4 Å². The van der Waals surface area contributed by atoms with E-state index in [2.05, 4.69) is 5.32 Å². The van der Waals surface area contributed by atoms with Crippen molar-refractivity contribution in [3.05, 3.63) is 58.9 Å². The van der Waals surface area contributed by atoms with Crippen molar-refractivity contribution in [2.45, 2.75) is 39.5 Å². The lowest BCUT2D eigenvalue weighted by Gasteiger charge is -2.14. The summed E-state index contributed by atoms with van der Waals surface area (Å²) in [6.07, 6.45) is 1.45. The smallest absolute Gasteiger partial charge is 0.248 e. The van der Waals surface area contributed by atoms with Crippen molar-refractivity contribution >= 4 is 38.2 Å². The van der Waals surface area contributed by atoms with Gasteiger partial charge >= 0.3 is 0 Å². The lowest BCUT2D eigenvalue weighted by atomic mass is 9.98. The van der Waals surface area contributed by atoms with Crippen molar-refractivity contribution in [2.24, 2.45) is 5.14 Å². The van der Waals surface area contributed by atoms with Crippen LogP contribution < -0.4 is 15.2 Å². The zero-order chi connectivity index (χ0) is 22.9. The minimum absolute atomic E-state index is 0.0727. The molecular weight excluding hydrogens is 416 g/mol. The summed E-state index contributed by atoms with van der Waals surface area (Å²) in [4.78, 5) is 12.5. The molecule has 0 spiro atoms. The van der Waals surface area contributed by atoms with Crippen LogP contribution in [0.2, 0.25) is 0 Å². The van der Waals surface area contributed by atoms with Gasteiger partial charge in [0, 0.05) is 28.3 Å². The molecule has 7 nitrogen and oxygen atoms in total. The van der Waals surface area contributed by atoms with Crippen molar-refractivity contribution in [3.63, 3.8) is 0 Å². The molecule has 0 fully saturated rings. The first-order valence-corrected chi connectivity index (χ1v) is 11.4. The van der Waals surface area contributed by atoms with E-state index in [1.807, 2.05) is 40.7 Å². The molecule has 1 amide bonds. The van der Waals surface area contributed by atoms with Gasteiger partial charge in [-0.1, -0.05) is 6.07 Å². The number of benzene rings is 2. The van der Waals surface area contributed by atoms with Gasteiger partial charge in [-0.05, 0) is 70.0 Å². The number of allylic oxidation sites excluding steroid dienone is 1. The second kappa shape index (κ2) is 8.56. The number of sulfonamides is 1. The molecule has 3 aromatic rings. The Morgan fingerprint density at radius 2 is 1.90 bits per heavy atom. The van der Waals surface area contributed by atoms with E-state index in [9.17, 15) is 13.2 Å². The summed E-state index contributed by atoms with van der Waals surface area (Å²) in [5.41, 5.74) is 4.52. The fourth-order valence-corrected chi connectivity index (χ4v) is 4.00. The maximum Gasteiger partial charge on any atom is 0.248 e. The molecular formula is C23H26N2O5S. The predicted molar refractivity (Wildman–Crippen MR) is 122 cm³/mol. The molecule has 0 saturated carbocycles. The highest BCUT2D eigenvalue weighted by Gasteiger charge is 2.19. The van der Waals surface area contributed by atoms with Crippen LogP contribution in [0.5, 0.6) is 5.75 Å². The Hall–Kier alpha value is -3.10. The Kier molecular flexibility index (Phi) is 6.24. The molecule has 8 heteroatoms. The molecule has 0 bridgehead atoms. The quantitative estimate of drug-likeness (QED) is 0.548. The number of furan rings is 1. The summed E-state index contributed by atoms with van der Waals surface area (Å²) in [6, 6.07) is 7.76. The molecule has 1 aromatic heterocycles. The molecule has 31 heavy (non-hydrogen) atoms. The fraction of sp³-hybridized carbons (Fsp3) is 0.261. The number of nitrogens with two attached hydrogens (primary N) is 1. The van der Waals surface area contributed by atoms with Crippen LogP contribution in [0.15, 0.2) is 45.7 Å². The third kappa shape index (κ3) is 4.65. The van der Waals surface area contributed by atoms with Gasteiger partial charge in [0.05, 0.1) is 11.5 Å². The standard InChI is InChI=1S/C23H26N2O5S/c1-6-29-22-15(4)23-20(14(3)16(5)30-23)12-19(22)13(2)10-21(26)25-17-8-7-9-18(11-17)31(24,27)28/h7-12H,6H2,1-5H3,(H,25,26)(H2,24,27,28)/b13-10+. The van der Waals surface area contributed by atoms with Crippen LogP contribution in [0.25, 0.3) is 16.5 Å². The van der Waals surface area contributed by atoms with E-state index < -0.39 is 15.9 Å². The van der Waals surface area contributed by atoms with Gasteiger partial charge in [-0.2, -0.15) is 0 Å². The highest BCUT2D eigenvalue weighted by Crippen LogP contribution is 2.38. The third-order valence-corrected chi connectivity index (χ3v) is 6.05. The van der Waals surface area contributed by atoms with Gasteiger partial charge in [0.15, 0.2) is 0 Å². The van der Waals surface area contributed by atoms with Crippen molar-refractivity contribution in [1.29, 1.82) is 0 Å². The SMILES string of the molecule is CCOc1c(/C(C)=C/C(=O)Nc2cccc(S(N)(=O)=O)c2)cc2c(C)c(C)oc2c1C. The van der Waals surface area contributed by atoms with Crippen molar-refractivity contribution in [2.75, 3.05) is 11.9 Å². The minimum atomic E-state index is -3.86. The molecule has 1 heterocycles. The van der Waals surface area contributed by atoms with Gasteiger partial charge in [0.1, 0.15) is 17.1 Å². The van der Waals surface area contributed by atoms with Crippen LogP contribution in [0, 0.1) is 20.8 Å². The summed E-state index contributed by atoms with van der Waals surface area (Å²) in [6.45, 7) is 10.0. The Balaban J connectivity index is 1.99. The van der Waals surface area contributed by atoms with E-state index in [0.717, 1.165) is 33.4 Å². The average Bonchev–Trinajstić information content (AvgIpc) is 2.98. The van der Waals surface area contributed by atoms with Gasteiger partial charge < -0.3 is 14.5 Å². The zero-order valence-electron chi connectivity index (χ0n) is 18.2. The zero-order valence-corrected chi connectivity index (χ0v) is 19.0. The van der Waals surface area contributed by atoms with Gasteiger partial charge in [0.2, 0.25) is 15.9 Å². The Morgan fingerprint density at radius 1 is 1.19 bits per heavy atom. The maximum atomic E-state index is 12.6. The average molecular weight is 443 g/mol. The molecule has 0 saturated heterocycles. The topological polar surface area (TPSA) is 112 Å². The number of ether oxygens (including phenoxy) is 1. The highest BCUT2D eigenvalue weighted by molar-refractivity contribution is 7.89. The molecule has 3 N–H and O–H groups in total. The summed E-state index contributed by atoms with van der Waals surface area (Å²) >= 11 is 0. The third-order valence-electron chi connectivity index (χ3n) is 5.14. The highest BCUT2D eigenvalue weighted by atomic mass is 32.2. The molecule has 2 aromatic carbocycles. The predicted octanol–water partition coefficient (Wildman–Crippen LogP) is 4.45. The van der Waals surface area contributed by atoms with E-state index in [1.54, 1.807) is 6.07 Å². The Labute approximate surface area is 181 Å². The molecule has 164 valence electrons. The van der Waals surface area contributed by atoms with Crippen LogP contribution in [-0.2, 0) is 14.8 Å². The molecule has 0 aliphatic heterocycles. The summed E-state index contributed by atoms with van der Waals surface area (Å²) in [5, 5.41) is 8.81. The number of hydrogen-bond donors (Lipinski definition) is 2. The number of carbonyl (C=O) groups excluding carboxylic acids is 1. The monoisotopic (exact) mass is 442 g/mol. The van der Waals surface area contributed by atoms with Gasteiger partial charge in [-0.15, -0.1) is 0 Å². The first-order valence-electron chi connectivity index (χ1n) is 9.81.